The summed E-state index contributed by atoms with van der Waals surface area (Å²) in [5.41, 5.74) is 2.65. The average Bonchev–Trinajstić information content (AvgIpc) is 3.24. The Labute approximate surface area is 147 Å². The molecule has 1 aliphatic heterocycles. The molecule has 6 nitrogen and oxygen atoms in total. The van der Waals surface area contributed by atoms with E-state index in [4.69, 9.17) is 0 Å². The molecule has 0 spiro atoms. The zero-order valence-electron chi connectivity index (χ0n) is 14.7. The van der Waals surface area contributed by atoms with Crippen LogP contribution in [0.1, 0.15) is 25.5 Å². The highest BCUT2D eigenvalue weighted by atomic mass is 16.3. The van der Waals surface area contributed by atoms with Crippen LogP contribution in [-0.4, -0.2) is 47.8 Å². The summed E-state index contributed by atoms with van der Waals surface area (Å²) in [5, 5.41) is 11.1. The molecule has 0 aliphatic carbocycles. The smallest absolute Gasteiger partial charge is 0.0959 e. The van der Waals surface area contributed by atoms with E-state index in [0.29, 0.717) is 6.54 Å². The van der Waals surface area contributed by atoms with Gasteiger partial charge in [-0.25, -0.2) is 9.97 Å². The molecule has 1 fully saturated rings. The molecule has 0 amide bonds. The maximum atomic E-state index is 11.1. The standard InChI is InChI=1S/C19H25N5O/c1-2-23-14-20-11-16(23)12-22-9-7-19(25,8-10-22)13-24-15-21-17-5-3-4-6-18(17)24/h3-6,11,14-15,25H,2,7-10,12-13H2,1H3. The number of fused-ring (bicyclic) bond motifs is 1. The van der Waals surface area contributed by atoms with Gasteiger partial charge >= 0.3 is 0 Å². The van der Waals surface area contributed by atoms with Gasteiger partial charge in [0, 0.05) is 32.4 Å². The van der Waals surface area contributed by atoms with Crippen LogP contribution in [0.5, 0.6) is 0 Å². The van der Waals surface area contributed by atoms with Gasteiger partial charge in [0.1, 0.15) is 0 Å². The predicted molar refractivity (Wildman–Crippen MR) is 97.1 cm³/mol. The third-order valence-corrected chi connectivity index (χ3v) is 5.30. The lowest BCUT2D eigenvalue weighted by atomic mass is 9.91. The van der Waals surface area contributed by atoms with Gasteiger partial charge in [0.2, 0.25) is 0 Å². The second-order valence-corrected chi connectivity index (χ2v) is 7.03. The summed E-state index contributed by atoms with van der Waals surface area (Å²) in [4.78, 5) is 11.1. The third-order valence-electron chi connectivity index (χ3n) is 5.30. The maximum absolute atomic E-state index is 11.1. The van der Waals surface area contributed by atoms with Crippen molar-refractivity contribution in [2.24, 2.45) is 0 Å². The fraction of sp³-hybridized carbons (Fsp3) is 0.474. The van der Waals surface area contributed by atoms with Gasteiger partial charge < -0.3 is 14.2 Å². The lowest BCUT2D eigenvalue weighted by Crippen LogP contribution is -2.46. The number of para-hydroxylation sites is 2. The summed E-state index contributed by atoms with van der Waals surface area (Å²) in [6.07, 6.45) is 7.23. The summed E-state index contributed by atoms with van der Waals surface area (Å²) < 4.78 is 4.26. The van der Waals surface area contributed by atoms with Gasteiger partial charge in [0.05, 0.1) is 41.5 Å². The molecule has 0 saturated carbocycles. The van der Waals surface area contributed by atoms with E-state index in [-0.39, 0.29) is 0 Å². The zero-order chi connectivity index (χ0) is 17.3. The number of benzene rings is 1. The van der Waals surface area contributed by atoms with E-state index in [0.717, 1.165) is 50.1 Å². The maximum Gasteiger partial charge on any atom is 0.0959 e. The fourth-order valence-electron chi connectivity index (χ4n) is 3.73. The number of piperidine rings is 1. The minimum atomic E-state index is -0.662. The van der Waals surface area contributed by atoms with E-state index in [9.17, 15) is 5.11 Å². The van der Waals surface area contributed by atoms with E-state index in [1.54, 1.807) is 0 Å². The predicted octanol–water partition coefficient (Wildman–Crippen LogP) is 2.28. The first-order valence-corrected chi connectivity index (χ1v) is 9.00. The van der Waals surface area contributed by atoms with Gasteiger partial charge in [-0.15, -0.1) is 0 Å². The SMILES string of the molecule is CCn1cncc1CN1CCC(O)(Cn2cnc3ccccc32)CC1. The van der Waals surface area contributed by atoms with Crippen LogP contribution in [0.4, 0.5) is 0 Å². The Morgan fingerprint density at radius 1 is 1.12 bits per heavy atom. The van der Waals surface area contributed by atoms with Crippen molar-refractivity contribution in [3.8, 4) is 0 Å². The summed E-state index contributed by atoms with van der Waals surface area (Å²) in [6, 6.07) is 8.08. The van der Waals surface area contributed by atoms with Crippen LogP contribution in [0.2, 0.25) is 0 Å². The van der Waals surface area contributed by atoms with Crippen molar-refractivity contribution in [3.05, 3.63) is 48.8 Å². The zero-order valence-corrected chi connectivity index (χ0v) is 14.7. The number of nitrogens with zero attached hydrogens (tertiary/aromatic N) is 5. The first kappa shape index (κ1) is 16.3. The monoisotopic (exact) mass is 339 g/mol. The Bertz CT molecular complexity index is 844. The second kappa shape index (κ2) is 6.61. The molecule has 3 heterocycles. The molecule has 0 bridgehead atoms. The Kier molecular flexibility index (Phi) is 4.31. The number of rotatable bonds is 5. The van der Waals surface area contributed by atoms with Crippen molar-refractivity contribution in [1.29, 1.82) is 0 Å². The van der Waals surface area contributed by atoms with Crippen molar-refractivity contribution in [2.75, 3.05) is 13.1 Å². The third kappa shape index (κ3) is 3.32. The van der Waals surface area contributed by atoms with Crippen LogP contribution >= 0.6 is 0 Å². The van der Waals surface area contributed by atoms with Gasteiger partial charge in [-0.2, -0.15) is 0 Å². The van der Waals surface area contributed by atoms with E-state index >= 15 is 0 Å². The minimum absolute atomic E-state index is 0.605. The van der Waals surface area contributed by atoms with Crippen molar-refractivity contribution in [1.82, 2.24) is 24.0 Å². The van der Waals surface area contributed by atoms with Crippen molar-refractivity contribution in [3.63, 3.8) is 0 Å². The van der Waals surface area contributed by atoms with Crippen LogP contribution in [-0.2, 0) is 19.6 Å². The molecular weight excluding hydrogens is 314 g/mol. The number of hydrogen-bond acceptors (Lipinski definition) is 4. The molecule has 4 rings (SSSR count). The van der Waals surface area contributed by atoms with Gasteiger partial charge in [-0.1, -0.05) is 12.1 Å². The molecular formula is C19H25N5O. The molecule has 3 aromatic rings. The molecule has 6 heteroatoms. The summed E-state index contributed by atoms with van der Waals surface area (Å²) >= 11 is 0. The summed E-state index contributed by atoms with van der Waals surface area (Å²) in [6.45, 7) is 6.39. The minimum Gasteiger partial charge on any atom is -0.388 e. The van der Waals surface area contributed by atoms with Crippen LogP contribution in [0.25, 0.3) is 11.0 Å². The van der Waals surface area contributed by atoms with E-state index in [1.165, 1.54) is 5.69 Å². The molecule has 132 valence electrons. The number of imidazole rings is 2. The average molecular weight is 339 g/mol. The highest BCUT2D eigenvalue weighted by Gasteiger charge is 2.33. The molecule has 2 aromatic heterocycles. The Balaban J connectivity index is 1.40. The van der Waals surface area contributed by atoms with Gasteiger partial charge in [0.25, 0.3) is 0 Å². The molecule has 1 N–H and O–H groups in total. The quantitative estimate of drug-likeness (QED) is 0.775. The lowest BCUT2D eigenvalue weighted by Gasteiger charge is -2.38. The van der Waals surface area contributed by atoms with Crippen LogP contribution in [0.15, 0.2) is 43.1 Å². The van der Waals surface area contributed by atoms with E-state index in [2.05, 4.69) is 37.0 Å². The highest BCUT2D eigenvalue weighted by Crippen LogP contribution is 2.26. The largest absolute Gasteiger partial charge is 0.388 e. The van der Waals surface area contributed by atoms with Gasteiger partial charge in [-0.05, 0) is 31.9 Å². The lowest BCUT2D eigenvalue weighted by molar-refractivity contribution is -0.0353. The first-order chi connectivity index (χ1) is 12.2. The Morgan fingerprint density at radius 3 is 2.72 bits per heavy atom. The first-order valence-electron chi connectivity index (χ1n) is 9.00. The number of likely N-dealkylation sites (tertiary alicyclic amines) is 1. The van der Waals surface area contributed by atoms with E-state index in [1.807, 2.05) is 37.1 Å². The van der Waals surface area contributed by atoms with Crippen LogP contribution in [0, 0.1) is 0 Å². The fourth-order valence-corrected chi connectivity index (χ4v) is 3.73. The number of aliphatic hydroxyl groups is 1. The normalized spacial score (nSPS) is 18.0. The van der Waals surface area contributed by atoms with Crippen LogP contribution < -0.4 is 0 Å². The molecule has 1 aromatic carbocycles. The Morgan fingerprint density at radius 2 is 1.92 bits per heavy atom. The van der Waals surface area contributed by atoms with Crippen molar-refractivity contribution < 1.29 is 5.11 Å². The van der Waals surface area contributed by atoms with Crippen molar-refractivity contribution >= 4 is 11.0 Å². The number of aryl methyl sites for hydroxylation is 1. The molecule has 0 radical (unpaired) electrons. The number of hydrogen-bond donors (Lipinski definition) is 1. The van der Waals surface area contributed by atoms with Crippen molar-refractivity contribution in [2.45, 2.75) is 45.0 Å². The van der Waals surface area contributed by atoms with E-state index < -0.39 is 5.60 Å². The Hall–Kier alpha value is -2.18. The van der Waals surface area contributed by atoms with Crippen LogP contribution in [0.3, 0.4) is 0 Å². The topological polar surface area (TPSA) is 59.1 Å². The molecule has 0 atom stereocenters. The molecule has 1 aliphatic rings. The molecule has 1 saturated heterocycles. The van der Waals surface area contributed by atoms with Gasteiger partial charge in [-0.3, -0.25) is 4.90 Å². The summed E-state index contributed by atoms with van der Waals surface area (Å²) in [7, 11) is 0. The number of aromatic nitrogens is 4. The summed E-state index contributed by atoms with van der Waals surface area (Å²) in [5.74, 6) is 0. The molecule has 0 unspecified atom stereocenters. The van der Waals surface area contributed by atoms with Gasteiger partial charge in [0.15, 0.2) is 0 Å². The molecule has 25 heavy (non-hydrogen) atoms. The second-order valence-electron chi connectivity index (χ2n) is 7.03. The highest BCUT2D eigenvalue weighted by molar-refractivity contribution is 5.74.